The van der Waals surface area contributed by atoms with E-state index in [2.05, 4.69) is 28.5 Å². The number of aromatic nitrogens is 4. The van der Waals surface area contributed by atoms with E-state index < -0.39 is 0 Å². The highest BCUT2D eigenvalue weighted by atomic mass is 32.1. The van der Waals surface area contributed by atoms with E-state index in [1.54, 1.807) is 0 Å². The van der Waals surface area contributed by atoms with Gasteiger partial charge in [0.05, 0.1) is 5.69 Å². The van der Waals surface area contributed by atoms with Crippen molar-refractivity contribution in [2.75, 3.05) is 0 Å². The first-order chi connectivity index (χ1) is 9.10. The number of aromatic amines is 1. The van der Waals surface area contributed by atoms with Gasteiger partial charge in [0.2, 0.25) is 0 Å². The van der Waals surface area contributed by atoms with E-state index in [1.807, 2.05) is 11.7 Å². The molecular weight excluding hydrogens is 256 g/mol. The molecule has 1 fully saturated rings. The summed E-state index contributed by atoms with van der Waals surface area (Å²) in [5.74, 6) is 1.63. The number of hydrogen-bond donors (Lipinski definition) is 1. The topological polar surface area (TPSA) is 38.5 Å². The average Bonchev–Trinajstić information content (AvgIpc) is 3.00. The fourth-order valence-corrected chi connectivity index (χ4v) is 3.71. The van der Waals surface area contributed by atoms with Gasteiger partial charge < -0.3 is 9.55 Å². The number of hydrogen-bond acceptors (Lipinski definition) is 2. The fraction of sp³-hybridized carbons (Fsp3) is 0.714. The molecule has 2 unspecified atom stereocenters. The van der Waals surface area contributed by atoms with E-state index in [9.17, 15) is 0 Å². The SMILES string of the molecule is CCc1nn(C)c2c1[nH]c(=S)n2CC1CCC(C)C1. The maximum Gasteiger partial charge on any atom is 0.179 e. The molecule has 0 amide bonds. The standard InChI is InChI=1S/C14H22N4S/c1-4-11-12-13(17(3)16-11)18(14(19)15-12)8-10-6-5-9(2)7-10/h9-10H,4-8H2,1-3H3,(H,15,19). The Morgan fingerprint density at radius 2 is 2.21 bits per heavy atom. The molecule has 4 nitrogen and oxygen atoms in total. The van der Waals surface area contributed by atoms with Gasteiger partial charge in [-0.1, -0.05) is 20.3 Å². The Balaban J connectivity index is 2.01. The van der Waals surface area contributed by atoms with Crippen LogP contribution < -0.4 is 0 Å². The van der Waals surface area contributed by atoms with Crippen LogP contribution in [0.1, 0.15) is 38.8 Å². The van der Waals surface area contributed by atoms with Crippen molar-refractivity contribution in [3.8, 4) is 0 Å². The van der Waals surface area contributed by atoms with Crippen molar-refractivity contribution < 1.29 is 0 Å². The first-order valence-electron chi connectivity index (χ1n) is 7.24. The van der Waals surface area contributed by atoms with Gasteiger partial charge in [-0.2, -0.15) is 5.10 Å². The lowest BCUT2D eigenvalue weighted by molar-refractivity contribution is 0.440. The molecule has 5 heteroatoms. The van der Waals surface area contributed by atoms with E-state index in [1.165, 1.54) is 19.3 Å². The molecule has 2 aromatic heterocycles. The van der Waals surface area contributed by atoms with Gasteiger partial charge in [0.25, 0.3) is 0 Å². The minimum atomic E-state index is 0.765. The lowest BCUT2D eigenvalue weighted by Gasteiger charge is -2.11. The zero-order valence-electron chi connectivity index (χ0n) is 11.9. The number of nitrogens with zero attached hydrogens (tertiary/aromatic N) is 3. The van der Waals surface area contributed by atoms with E-state index in [4.69, 9.17) is 12.2 Å². The lowest BCUT2D eigenvalue weighted by atomic mass is 10.1. The third-order valence-corrected chi connectivity index (χ3v) is 4.72. The molecule has 2 heterocycles. The summed E-state index contributed by atoms with van der Waals surface area (Å²) in [5, 5.41) is 4.58. The van der Waals surface area contributed by atoms with Crippen LogP contribution >= 0.6 is 12.2 Å². The molecule has 1 aliphatic carbocycles. The summed E-state index contributed by atoms with van der Waals surface area (Å²) in [6, 6.07) is 0. The number of fused-ring (bicyclic) bond motifs is 1. The van der Waals surface area contributed by atoms with Gasteiger partial charge in [-0.15, -0.1) is 0 Å². The van der Waals surface area contributed by atoms with Crippen molar-refractivity contribution in [2.24, 2.45) is 18.9 Å². The van der Waals surface area contributed by atoms with E-state index in [0.29, 0.717) is 0 Å². The number of H-pyrrole nitrogens is 1. The number of imidazole rings is 1. The summed E-state index contributed by atoms with van der Waals surface area (Å²) < 4.78 is 5.07. The average molecular weight is 278 g/mol. The van der Waals surface area contributed by atoms with Gasteiger partial charge in [0.1, 0.15) is 5.52 Å². The molecule has 104 valence electrons. The van der Waals surface area contributed by atoms with Crippen LogP contribution in [0.5, 0.6) is 0 Å². The van der Waals surface area contributed by atoms with E-state index >= 15 is 0 Å². The Morgan fingerprint density at radius 1 is 1.42 bits per heavy atom. The monoisotopic (exact) mass is 278 g/mol. The Bertz CT molecular complexity index is 648. The number of rotatable bonds is 3. The van der Waals surface area contributed by atoms with Crippen LogP contribution in [0.15, 0.2) is 0 Å². The predicted octanol–water partition coefficient (Wildman–Crippen LogP) is 3.43. The van der Waals surface area contributed by atoms with Gasteiger partial charge in [-0.05, 0) is 43.3 Å². The molecule has 2 aromatic rings. The number of nitrogens with one attached hydrogen (secondary N) is 1. The van der Waals surface area contributed by atoms with E-state index in [0.717, 1.165) is 46.4 Å². The molecule has 0 aliphatic heterocycles. The Kier molecular flexibility index (Phi) is 3.25. The largest absolute Gasteiger partial charge is 0.328 e. The van der Waals surface area contributed by atoms with Crippen molar-refractivity contribution >= 4 is 23.4 Å². The second-order valence-electron chi connectivity index (χ2n) is 5.95. The van der Waals surface area contributed by atoms with Crippen molar-refractivity contribution in [1.29, 1.82) is 0 Å². The van der Waals surface area contributed by atoms with Crippen LogP contribution in [-0.4, -0.2) is 19.3 Å². The minimum Gasteiger partial charge on any atom is -0.328 e. The summed E-state index contributed by atoms with van der Waals surface area (Å²) in [6.45, 7) is 5.52. The van der Waals surface area contributed by atoms with E-state index in [-0.39, 0.29) is 0 Å². The minimum absolute atomic E-state index is 0.765. The molecule has 0 aromatic carbocycles. The molecule has 0 radical (unpaired) electrons. The van der Waals surface area contributed by atoms with Gasteiger partial charge in [0.15, 0.2) is 10.4 Å². The fourth-order valence-electron chi connectivity index (χ4n) is 3.44. The molecule has 1 aliphatic rings. The molecule has 1 saturated carbocycles. The van der Waals surface area contributed by atoms with Crippen LogP contribution in [0.2, 0.25) is 0 Å². The van der Waals surface area contributed by atoms with Crippen molar-refractivity contribution in [2.45, 2.75) is 46.1 Å². The molecule has 0 spiro atoms. The quantitative estimate of drug-likeness (QED) is 0.874. The third-order valence-electron chi connectivity index (χ3n) is 4.40. The highest BCUT2D eigenvalue weighted by molar-refractivity contribution is 7.71. The van der Waals surface area contributed by atoms with Gasteiger partial charge >= 0.3 is 0 Å². The smallest absolute Gasteiger partial charge is 0.179 e. The maximum atomic E-state index is 5.50. The molecule has 3 rings (SSSR count). The van der Waals surface area contributed by atoms with Gasteiger partial charge in [-0.25, -0.2) is 0 Å². The summed E-state index contributed by atoms with van der Waals surface area (Å²) in [4.78, 5) is 3.35. The second kappa shape index (κ2) is 4.78. The Labute approximate surface area is 118 Å². The van der Waals surface area contributed by atoms with Crippen LogP contribution in [0.4, 0.5) is 0 Å². The summed E-state index contributed by atoms with van der Waals surface area (Å²) in [5.41, 5.74) is 3.39. The first kappa shape index (κ1) is 12.9. The highest BCUT2D eigenvalue weighted by Crippen LogP contribution is 2.32. The first-order valence-corrected chi connectivity index (χ1v) is 7.65. The maximum absolute atomic E-state index is 5.50. The zero-order chi connectivity index (χ0) is 13.6. The normalized spacial score (nSPS) is 23.5. The molecule has 2 atom stereocenters. The molecule has 0 saturated heterocycles. The summed E-state index contributed by atoms with van der Waals surface area (Å²) in [6.07, 6.45) is 4.95. The van der Waals surface area contributed by atoms with Gasteiger partial charge in [-0.3, -0.25) is 4.68 Å². The van der Waals surface area contributed by atoms with Crippen molar-refractivity contribution in [3.05, 3.63) is 10.5 Å². The zero-order valence-corrected chi connectivity index (χ0v) is 12.8. The molecular formula is C14H22N4S. The molecule has 1 N–H and O–H groups in total. The van der Waals surface area contributed by atoms with Gasteiger partial charge in [0, 0.05) is 13.6 Å². The molecule has 19 heavy (non-hydrogen) atoms. The lowest BCUT2D eigenvalue weighted by Crippen LogP contribution is -2.10. The highest BCUT2D eigenvalue weighted by Gasteiger charge is 2.23. The van der Waals surface area contributed by atoms with Crippen LogP contribution in [0.3, 0.4) is 0 Å². The van der Waals surface area contributed by atoms with Crippen LogP contribution in [-0.2, 0) is 20.0 Å². The Morgan fingerprint density at radius 3 is 2.84 bits per heavy atom. The summed E-state index contributed by atoms with van der Waals surface area (Å²) >= 11 is 5.50. The predicted molar refractivity (Wildman–Crippen MR) is 79.8 cm³/mol. The van der Waals surface area contributed by atoms with Crippen LogP contribution in [0.25, 0.3) is 11.2 Å². The van der Waals surface area contributed by atoms with Crippen molar-refractivity contribution in [3.63, 3.8) is 0 Å². The molecule has 0 bridgehead atoms. The third kappa shape index (κ3) is 2.14. The number of aryl methyl sites for hydroxylation is 2. The van der Waals surface area contributed by atoms with Crippen LogP contribution in [0, 0.1) is 16.6 Å². The Hall–Kier alpha value is -1.10. The second-order valence-corrected chi connectivity index (χ2v) is 6.33. The summed E-state index contributed by atoms with van der Waals surface area (Å²) in [7, 11) is 2.01. The van der Waals surface area contributed by atoms with Crippen molar-refractivity contribution in [1.82, 2.24) is 19.3 Å².